The van der Waals surface area contributed by atoms with Crippen molar-refractivity contribution in [2.75, 3.05) is 0 Å². The fourth-order valence-electron chi connectivity index (χ4n) is 0.412. The molecule has 2 N–H and O–H groups in total. The third kappa shape index (κ3) is 1.24. The number of carbonyl (C=O) groups excluding carboxylic acids is 2. The second-order valence-electron chi connectivity index (χ2n) is 1.48. The van der Waals surface area contributed by atoms with Crippen molar-refractivity contribution in [1.29, 1.82) is 0 Å². The predicted octanol–water partition coefficient (Wildman–Crippen LogP) is 0.269. The number of imide groups is 1. The van der Waals surface area contributed by atoms with Gasteiger partial charge in [-0.25, -0.2) is 4.79 Å². The Morgan fingerprint density at radius 3 is 2.00 bits per heavy atom. The van der Waals surface area contributed by atoms with Crippen molar-refractivity contribution in [3.8, 4) is 0 Å². The zero-order valence-corrected chi connectivity index (χ0v) is 7.24. The highest BCUT2D eigenvalue weighted by atomic mass is 79.9. The number of rotatable bonds is 0. The van der Waals surface area contributed by atoms with Crippen molar-refractivity contribution in [2.24, 2.45) is 0 Å². The monoisotopic (exact) mass is 256 g/mol. The Bertz CT molecular complexity index is 179. The highest BCUT2D eigenvalue weighted by Crippen LogP contribution is 2.25. The lowest BCUT2D eigenvalue weighted by Crippen LogP contribution is -2.32. The molecule has 9 heavy (non-hydrogen) atoms. The zero-order valence-electron chi connectivity index (χ0n) is 4.07. The highest BCUT2D eigenvalue weighted by molar-refractivity contribution is 9.25. The zero-order chi connectivity index (χ0) is 7.07. The van der Waals surface area contributed by atoms with Crippen molar-refractivity contribution in [2.45, 2.75) is 3.36 Å². The molecule has 6 heteroatoms. The SMILES string of the molecule is O=C1NC(=O)C(Br)(Br)N1. The Morgan fingerprint density at radius 1 is 1.33 bits per heavy atom. The van der Waals surface area contributed by atoms with Gasteiger partial charge >= 0.3 is 6.03 Å². The van der Waals surface area contributed by atoms with E-state index in [2.05, 4.69) is 37.2 Å². The molecule has 0 aromatic carbocycles. The molecule has 0 atom stereocenters. The van der Waals surface area contributed by atoms with E-state index in [1.807, 2.05) is 5.32 Å². The summed E-state index contributed by atoms with van der Waals surface area (Å²) in [6, 6.07) is -0.506. The molecular weight excluding hydrogens is 256 g/mol. The van der Waals surface area contributed by atoms with Crippen molar-refractivity contribution < 1.29 is 9.59 Å². The van der Waals surface area contributed by atoms with Crippen LogP contribution in [-0.2, 0) is 4.79 Å². The van der Waals surface area contributed by atoms with Crippen LogP contribution in [-0.4, -0.2) is 15.3 Å². The number of hydrogen-bond donors (Lipinski definition) is 2. The van der Waals surface area contributed by atoms with Gasteiger partial charge < -0.3 is 5.32 Å². The molecule has 0 radical (unpaired) electrons. The van der Waals surface area contributed by atoms with E-state index in [0.29, 0.717) is 0 Å². The minimum absolute atomic E-state index is 0.437. The van der Waals surface area contributed by atoms with Crippen LogP contribution in [0.4, 0.5) is 4.79 Å². The van der Waals surface area contributed by atoms with Gasteiger partial charge in [0.15, 0.2) is 0 Å². The Kier molecular flexibility index (Phi) is 1.52. The Morgan fingerprint density at radius 2 is 1.89 bits per heavy atom. The molecule has 0 aromatic rings. The lowest BCUT2D eigenvalue weighted by Gasteiger charge is -2.05. The third-order valence-corrected chi connectivity index (χ3v) is 1.90. The average Bonchev–Trinajstić information content (AvgIpc) is 1.79. The molecule has 0 unspecified atom stereocenters. The first-order valence-corrected chi connectivity index (χ1v) is 3.62. The maximum absolute atomic E-state index is 10.6. The fourth-order valence-corrected chi connectivity index (χ4v) is 0.971. The molecule has 1 saturated heterocycles. The first-order chi connectivity index (χ1) is 4.02. The number of nitrogens with one attached hydrogen (secondary N) is 2. The molecule has 0 aromatic heterocycles. The summed E-state index contributed by atoms with van der Waals surface area (Å²) in [6.45, 7) is 0. The molecule has 4 nitrogen and oxygen atoms in total. The van der Waals surface area contributed by atoms with Gasteiger partial charge in [-0.2, -0.15) is 0 Å². The molecule has 0 spiro atoms. The molecule has 1 aliphatic heterocycles. The largest absolute Gasteiger partial charge is 0.323 e. The second kappa shape index (κ2) is 1.95. The van der Waals surface area contributed by atoms with E-state index in [-0.39, 0.29) is 0 Å². The predicted molar refractivity (Wildman–Crippen MR) is 37.3 cm³/mol. The molecule has 1 aliphatic rings. The van der Waals surface area contributed by atoms with Crippen LogP contribution in [0.2, 0.25) is 0 Å². The van der Waals surface area contributed by atoms with Gasteiger partial charge in [0.25, 0.3) is 5.91 Å². The van der Waals surface area contributed by atoms with Gasteiger partial charge in [0, 0.05) is 0 Å². The maximum atomic E-state index is 10.6. The molecule has 0 saturated carbocycles. The van der Waals surface area contributed by atoms with E-state index >= 15 is 0 Å². The van der Waals surface area contributed by atoms with Gasteiger partial charge in [0.05, 0.1) is 0 Å². The lowest BCUT2D eigenvalue weighted by molar-refractivity contribution is -0.118. The van der Waals surface area contributed by atoms with Crippen molar-refractivity contribution >= 4 is 43.8 Å². The minimum Gasteiger partial charge on any atom is -0.306 e. The quantitative estimate of drug-likeness (QED) is 0.372. The summed E-state index contributed by atoms with van der Waals surface area (Å²) in [6.07, 6.45) is 0. The highest BCUT2D eigenvalue weighted by Gasteiger charge is 2.41. The van der Waals surface area contributed by atoms with Crippen molar-refractivity contribution in [3.05, 3.63) is 0 Å². The summed E-state index contributed by atoms with van der Waals surface area (Å²) in [5.41, 5.74) is 0. The molecule has 0 aliphatic carbocycles. The molecule has 0 bridgehead atoms. The Labute approximate surface area is 67.6 Å². The van der Waals surface area contributed by atoms with Gasteiger partial charge in [-0.3, -0.25) is 10.1 Å². The lowest BCUT2D eigenvalue weighted by atomic mass is 10.7. The second-order valence-corrected chi connectivity index (χ2v) is 4.93. The number of halogens is 2. The summed E-state index contributed by atoms with van der Waals surface area (Å²) in [4.78, 5) is 21.0. The molecule has 1 rings (SSSR count). The summed E-state index contributed by atoms with van der Waals surface area (Å²) < 4.78 is -1.10. The molecule has 1 fully saturated rings. The summed E-state index contributed by atoms with van der Waals surface area (Å²) in [7, 11) is 0. The molecule has 3 amide bonds. The first-order valence-electron chi connectivity index (χ1n) is 2.04. The minimum atomic E-state index is -1.10. The maximum Gasteiger partial charge on any atom is 0.323 e. The number of hydrogen-bond acceptors (Lipinski definition) is 2. The first kappa shape index (κ1) is 7.01. The van der Waals surface area contributed by atoms with Crippen LogP contribution >= 0.6 is 31.9 Å². The van der Waals surface area contributed by atoms with Crippen LogP contribution in [0.15, 0.2) is 0 Å². The van der Waals surface area contributed by atoms with E-state index in [4.69, 9.17) is 0 Å². The van der Waals surface area contributed by atoms with E-state index in [1.165, 1.54) is 0 Å². The van der Waals surface area contributed by atoms with Gasteiger partial charge in [0.1, 0.15) is 0 Å². The standard InChI is InChI=1S/C3H2Br2N2O2/c4-3(5)1(8)6-2(9)7-3/h(H2,6,7,8,9). The van der Waals surface area contributed by atoms with E-state index in [0.717, 1.165) is 0 Å². The number of amides is 3. The van der Waals surface area contributed by atoms with Crippen molar-refractivity contribution in [3.63, 3.8) is 0 Å². The summed E-state index contributed by atoms with van der Waals surface area (Å²) in [5.74, 6) is -0.437. The van der Waals surface area contributed by atoms with Crippen LogP contribution in [0.25, 0.3) is 0 Å². The smallest absolute Gasteiger partial charge is 0.306 e. The molecular formula is C3H2Br2N2O2. The molecule has 1 heterocycles. The Hall–Kier alpha value is -0.100. The number of alkyl halides is 2. The van der Waals surface area contributed by atoms with Crippen LogP contribution in [0.1, 0.15) is 0 Å². The van der Waals surface area contributed by atoms with Gasteiger partial charge in [-0.1, -0.05) is 0 Å². The van der Waals surface area contributed by atoms with Gasteiger partial charge in [0.2, 0.25) is 3.36 Å². The van der Waals surface area contributed by atoms with Crippen molar-refractivity contribution in [1.82, 2.24) is 10.6 Å². The fraction of sp³-hybridized carbons (Fsp3) is 0.333. The van der Waals surface area contributed by atoms with Gasteiger partial charge in [-0.05, 0) is 31.9 Å². The van der Waals surface area contributed by atoms with Crippen LogP contribution in [0.5, 0.6) is 0 Å². The number of urea groups is 1. The number of carbonyl (C=O) groups is 2. The van der Waals surface area contributed by atoms with Crippen LogP contribution < -0.4 is 10.6 Å². The topological polar surface area (TPSA) is 58.2 Å². The molecule has 50 valence electrons. The average molecular weight is 258 g/mol. The summed E-state index contributed by atoms with van der Waals surface area (Å²) in [5, 5.41) is 4.30. The van der Waals surface area contributed by atoms with Crippen LogP contribution in [0, 0.1) is 0 Å². The van der Waals surface area contributed by atoms with E-state index < -0.39 is 15.3 Å². The van der Waals surface area contributed by atoms with E-state index in [9.17, 15) is 9.59 Å². The Balaban J connectivity index is 2.81. The van der Waals surface area contributed by atoms with Gasteiger partial charge in [-0.15, -0.1) is 0 Å². The van der Waals surface area contributed by atoms with Crippen LogP contribution in [0.3, 0.4) is 0 Å². The van der Waals surface area contributed by atoms with E-state index in [1.54, 1.807) is 0 Å². The normalized spacial score (nSPS) is 23.3. The third-order valence-electron chi connectivity index (χ3n) is 0.783. The summed E-state index contributed by atoms with van der Waals surface area (Å²) >= 11 is 5.84.